The number of aromatic nitrogens is 1. The molecule has 0 radical (unpaired) electrons. The lowest BCUT2D eigenvalue weighted by molar-refractivity contribution is -0.104. The summed E-state index contributed by atoms with van der Waals surface area (Å²) >= 11 is 0. The van der Waals surface area contributed by atoms with E-state index >= 15 is 0 Å². The highest BCUT2D eigenvalue weighted by Gasteiger charge is 2.09. The second kappa shape index (κ2) is 4.07. The predicted molar refractivity (Wildman–Crippen MR) is 55.9 cm³/mol. The van der Waals surface area contributed by atoms with E-state index in [2.05, 4.69) is 4.98 Å². The van der Waals surface area contributed by atoms with Crippen molar-refractivity contribution in [1.29, 1.82) is 0 Å². The Morgan fingerprint density at radius 2 is 2.00 bits per heavy atom. The number of ketones is 1. The van der Waals surface area contributed by atoms with Gasteiger partial charge in [-0.2, -0.15) is 0 Å². The molecule has 0 fully saturated rings. The highest BCUT2D eigenvalue weighted by Crippen LogP contribution is 2.17. The fraction of sp³-hybridized carbons (Fsp3) is 0. The maximum absolute atomic E-state index is 11.1. The van der Waals surface area contributed by atoms with Gasteiger partial charge in [-0.3, -0.25) is 9.59 Å². The van der Waals surface area contributed by atoms with Gasteiger partial charge in [-0.1, -0.05) is 18.2 Å². The van der Waals surface area contributed by atoms with Crippen molar-refractivity contribution < 1.29 is 9.59 Å². The molecule has 0 atom stereocenters. The van der Waals surface area contributed by atoms with Crippen molar-refractivity contribution in [3.05, 3.63) is 36.0 Å². The Bertz CT molecular complexity index is 476. The average Bonchev–Trinajstić information content (AvgIpc) is 2.60. The molecule has 0 unspecified atom stereocenters. The lowest BCUT2D eigenvalue weighted by Gasteiger charge is -1.89. The van der Waals surface area contributed by atoms with Gasteiger partial charge in [0.25, 0.3) is 0 Å². The molecule has 72 valence electrons. The molecule has 14 heavy (non-hydrogen) atoms. The lowest BCUT2D eigenvalue weighted by atomic mass is 10.1. The van der Waals surface area contributed by atoms with Gasteiger partial charge in [0.05, 0.1) is 5.56 Å². The quantitative estimate of drug-likeness (QED) is 0.467. The van der Waals surface area contributed by atoms with E-state index in [-0.39, 0.29) is 12.4 Å². The van der Waals surface area contributed by atoms with Crippen LogP contribution in [0.15, 0.2) is 30.5 Å². The van der Waals surface area contributed by atoms with Crippen molar-refractivity contribution in [1.82, 2.24) is 4.98 Å². The molecule has 0 bridgehead atoms. The molecule has 4 heteroatoms. The fourth-order valence-corrected chi connectivity index (χ4v) is 1.34. The first-order valence-corrected chi connectivity index (χ1v) is 3.88. The largest absolute Gasteiger partial charge is 0.360 e. The van der Waals surface area contributed by atoms with Crippen LogP contribution in [0.4, 0.5) is 0 Å². The molecule has 1 aromatic carbocycles. The zero-order valence-electron chi connectivity index (χ0n) is 7.19. The smallest absolute Gasteiger partial charge is 0.227 e. The molecule has 0 aliphatic heterocycles. The number of hydrogen-bond acceptors (Lipinski definition) is 2. The number of nitrogens with one attached hydrogen (secondary N) is 1. The summed E-state index contributed by atoms with van der Waals surface area (Å²) < 4.78 is 0. The summed E-state index contributed by atoms with van der Waals surface area (Å²) in [7, 11) is 0. The highest BCUT2D eigenvalue weighted by molar-refractivity contribution is 6.36. The Morgan fingerprint density at radius 1 is 1.29 bits per heavy atom. The molecule has 0 saturated heterocycles. The molecule has 2 rings (SSSR count). The number of carbonyl (C=O) groups excluding carboxylic acids is 2. The third kappa shape index (κ3) is 1.54. The van der Waals surface area contributed by atoms with E-state index in [0.717, 1.165) is 10.9 Å². The van der Waals surface area contributed by atoms with E-state index < -0.39 is 5.78 Å². The molecular formula is C10H8ClNO2. The van der Waals surface area contributed by atoms with Gasteiger partial charge in [-0.15, -0.1) is 12.4 Å². The van der Waals surface area contributed by atoms with Crippen molar-refractivity contribution in [2.45, 2.75) is 0 Å². The van der Waals surface area contributed by atoms with E-state index in [4.69, 9.17) is 0 Å². The fourth-order valence-electron chi connectivity index (χ4n) is 1.34. The number of rotatable bonds is 2. The maximum atomic E-state index is 11.1. The molecule has 0 amide bonds. The van der Waals surface area contributed by atoms with Gasteiger partial charge in [0.15, 0.2) is 6.29 Å². The van der Waals surface area contributed by atoms with Crippen LogP contribution in [-0.2, 0) is 4.79 Å². The van der Waals surface area contributed by atoms with E-state index in [0.29, 0.717) is 11.8 Å². The van der Waals surface area contributed by atoms with Gasteiger partial charge >= 0.3 is 0 Å². The van der Waals surface area contributed by atoms with Crippen LogP contribution in [0, 0.1) is 0 Å². The third-order valence-electron chi connectivity index (χ3n) is 1.96. The number of H-pyrrole nitrogens is 1. The van der Waals surface area contributed by atoms with Crippen LogP contribution in [0.1, 0.15) is 10.4 Å². The normalized spacial score (nSPS) is 9.43. The van der Waals surface area contributed by atoms with Gasteiger partial charge < -0.3 is 4.98 Å². The van der Waals surface area contributed by atoms with Crippen LogP contribution in [0.2, 0.25) is 0 Å². The summed E-state index contributed by atoms with van der Waals surface area (Å²) in [6, 6.07) is 7.37. The molecule has 0 saturated carbocycles. The summed E-state index contributed by atoms with van der Waals surface area (Å²) in [4.78, 5) is 24.3. The predicted octanol–water partition coefficient (Wildman–Crippen LogP) is 1.97. The van der Waals surface area contributed by atoms with Gasteiger partial charge in [0, 0.05) is 17.1 Å². The molecule has 0 aliphatic rings. The van der Waals surface area contributed by atoms with Gasteiger partial charge in [-0.25, -0.2) is 0 Å². The zero-order chi connectivity index (χ0) is 9.26. The Hall–Kier alpha value is -1.61. The first-order valence-electron chi connectivity index (χ1n) is 3.88. The monoisotopic (exact) mass is 209 g/mol. The molecule has 1 aromatic heterocycles. The molecule has 2 aromatic rings. The van der Waals surface area contributed by atoms with Crippen LogP contribution < -0.4 is 0 Å². The summed E-state index contributed by atoms with van der Waals surface area (Å²) in [6.07, 6.45) is 1.89. The maximum Gasteiger partial charge on any atom is 0.227 e. The van der Waals surface area contributed by atoms with Gasteiger partial charge in [0.2, 0.25) is 5.78 Å². The lowest BCUT2D eigenvalue weighted by Crippen LogP contribution is -1.97. The summed E-state index contributed by atoms with van der Waals surface area (Å²) in [6.45, 7) is 0. The van der Waals surface area contributed by atoms with Crippen LogP contribution in [-0.4, -0.2) is 17.1 Å². The zero-order valence-corrected chi connectivity index (χ0v) is 8.01. The van der Waals surface area contributed by atoms with Crippen LogP contribution >= 0.6 is 12.4 Å². The second-order valence-corrected chi connectivity index (χ2v) is 2.73. The van der Waals surface area contributed by atoms with E-state index in [1.54, 1.807) is 6.20 Å². The number of aldehydes is 1. The number of hydrogen-bond donors (Lipinski definition) is 1. The van der Waals surface area contributed by atoms with Gasteiger partial charge in [-0.05, 0) is 6.07 Å². The summed E-state index contributed by atoms with van der Waals surface area (Å²) in [5, 5.41) is 0.791. The number of benzene rings is 1. The van der Waals surface area contributed by atoms with E-state index in [1.807, 2.05) is 24.3 Å². The topological polar surface area (TPSA) is 49.9 Å². The Labute approximate surface area is 86.5 Å². The van der Waals surface area contributed by atoms with Crippen LogP contribution in [0.5, 0.6) is 0 Å². The van der Waals surface area contributed by atoms with Crippen molar-refractivity contribution in [2.75, 3.05) is 0 Å². The Kier molecular flexibility index (Phi) is 3.04. The molecule has 0 spiro atoms. The number of carbonyl (C=O) groups is 2. The molecule has 1 heterocycles. The Balaban J connectivity index is 0.000000980. The third-order valence-corrected chi connectivity index (χ3v) is 1.96. The average molecular weight is 210 g/mol. The molecular weight excluding hydrogens is 202 g/mol. The number of aromatic amines is 1. The number of halogens is 1. The number of para-hydroxylation sites is 1. The molecule has 0 aliphatic carbocycles. The summed E-state index contributed by atoms with van der Waals surface area (Å²) in [5.41, 5.74) is 1.30. The summed E-state index contributed by atoms with van der Waals surface area (Å²) in [5.74, 6) is -0.488. The van der Waals surface area contributed by atoms with E-state index in [9.17, 15) is 9.59 Å². The van der Waals surface area contributed by atoms with Crippen molar-refractivity contribution in [3.8, 4) is 0 Å². The standard InChI is InChI=1S/C10H7NO2.ClH/c12-6-10(13)8-5-11-9-4-2-1-3-7(8)9;/h1-6,11H;1H. The van der Waals surface area contributed by atoms with Crippen LogP contribution in [0.3, 0.4) is 0 Å². The molecule has 3 nitrogen and oxygen atoms in total. The van der Waals surface area contributed by atoms with Crippen molar-refractivity contribution >= 4 is 35.4 Å². The molecule has 1 N–H and O–H groups in total. The number of fused-ring (bicyclic) bond motifs is 1. The first-order chi connectivity index (χ1) is 6.33. The van der Waals surface area contributed by atoms with Crippen molar-refractivity contribution in [2.24, 2.45) is 0 Å². The minimum absolute atomic E-state index is 0. The Morgan fingerprint density at radius 3 is 2.71 bits per heavy atom. The number of Topliss-reactive ketones (excluding diaryl/α,β-unsaturated/α-hetero) is 1. The SMILES string of the molecule is Cl.O=CC(=O)c1c[nH]c2ccccc12. The second-order valence-electron chi connectivity index (χ2n) is 2.73. The first kappa shape index (κ1) is 10.5. The minimum Gasteiger partial charge on any atom is -0.360 e. The van der Waals surface area contributed by atoms with Crippen LogP contribution in [0.25, 0.3) is 10.9 Å². The minimum atomic E-state index is -0.488. The van der Waals surface area contributed by atoms with E-state index in [1.165, 1.54) is 0 Å². The van der Waals surface area contributed by atoms with Gasteiger partial charge in [0.1, 0.15) is 0 Å². The van der Waals surface area contributed by atoms with Crippen molar-refractivity contribution in [3.63, 3.8) is 0 Å². The highest BCUT2D eigenvalue weighted by atomic mass is 35.5.